The lowest BCUT2D eigenvalue weighted by Crippen LogP contribution is -2.25. The fourth-order valence-electron chi connectivity index (χ4n) is 3.45. The number of rotatable bonds is 12. The van der Waals surface area contributed by atoms with Gasteiger partial charge in [0.1, 0.15) is 9.76 Å². The first-order valence-electron chi connectivity index (χ1n) is 8.79. The van der Waals surface area contributed by atoms with Crippen LogP contribution in [0.25, 0.3) is 0 Å². The smallest absolute Gasteiger partial charge is 0.217 e. The van der Waals surface area contributed by atoms with Crippen molar-refractivity contribution in [2.24, 2.45) is 5.73 Å². The summed E-state index contributed by atoms with van der Waals surface area (Å²) in [5, 5.41) is 0. The molecular formula is C14H33NO4Si4. The average molecular weight is 392 g/mol. The van der Waals surface area contributed by atoms with Gasteiger partial charge in [0.2, 0.25) is 15.7 Å². The first-order chi connectivity index (χ1) is 11.2. The largest absolute Gasteiger partial charge is 0.461 e. The van der Waals surface area contributed by atoms with Crippen molar-refractivity contribution in [2.75, 3.05) is 14.2 Å². The van der Waals surface area contributed by atoms with Gasteiger partial charge < -0.3 is 18.7 Å². The number of unbranched alkanes of at least 4 members (excludes halogenated alkanes) is 1. The topological polar surface area (TPSA) is 70.8 Å². The molecule has 0 aromatic rings. The minimum atomic E-state index is -0.481. The molecule has 0 aliphatic heterocycles. The zero-order valence-electron chi connectivity index (χ0n) is 14.7. The molecule has 1 saturated carbocycles. The standard InChI is InChI=1S/C14H33NO4Si4/c1-17-21-11-7-3-4-8-12(14(11)23-18-2)22-19-20-10-6-5-9-13(15)16/h11-12,14H,3-10,21-23H2,1-2H3,(H2,15,16). The SMILES string of the molecule is CO[SiH2]C1CCCCC([SiH2]O[Si]CCCCC(N)=O)C1[SiH2]OC. The van der Waals surface area contributed by atoms with E-state index in [1.54, 1.807) is 0 Å². The lowest BCUT2D eigenvalue weighted by Gasteiger charge is -2.29. The molecule has 0 bridgehead atoms. The van der Waals surface area contributed by atoms with E-state index < -0.39 is 29.3 Å². The molecule has 1 rings (SSSR count). The minimum absolute atomic E-state index is 0.192. The highest BCUT2D eigenvalue weighted by Crippen LogP contribution is 2.44. The molecule has 0 saturated heterocycles. The van der Waals surface area contributed by atoms with Gasteiger partial charge in [-0.1, -0.05) is 32.1 Å². The highest BCUT2D eigenvalue weighted by Gasteiger charge is 2.32. The molecule has 1 aliphatic carbocycles. The number of carbonyl (C=O) groups excluding carboxylic acids is 1. The predicted octanol–water partition coefficient (Wildman–Crippen LogP) is 0.180. The van der Waals surface area contributed by atoms with E-state index in [-0.39, 0.29) is 5.91 Å². The van der Waals surface area contributed by atoms with E-state index in [2.05, 4.69) is 0 Å². The van der Waals surface area contributed by atoms with Gasteiger partial charge in [-0.3, -0.25) is 4.79 Å². The molecule has 9 heteroatoms. The highest BCUT2D eigenvalue weighted by molar-refractivity contribution is 6.47. The van der Waals surface area contributed by atoms with Crippen molar-refractivity contribution in [3.63, 3.8) is 0 Å². The van der Waals surface area contributed by atoms with E-state index in [1.165, 1.54) is 25.7 Å². The molecule has 5 nitrogen and oxygen atoms in total. The molecular weight excluding hydrogens is 359 g/mol. The number of hydrogen-bond acceptors (Lipinski definition) is 4. The summed E-state index contributed by atoms with van der Waals surface area (Å²) in [5.41, 5.74) is 7.56. The fourth-order valence-corrected chi connectivity index (χ4v) is 11.8. The van der Waals surface area contributed by atoms with Crippen LogP contribution in [-0.4, -0.2) is 59.2 Å². The summed E-state index contributed by atoms with van der Waals surface area (Å²) in [6, 6.07) is 1.08. The van der Waals surface area contributed by atoms with Crippen LogP contribution in [-0.2, 0) is 17.8 Å². The molecule has 0 aromatic heterocycles. The van der Waals surface area contributed by atoms with Gasteiger partial charge in [-0.15, -0.1) is 0 Å². The average Bonchev–Trinajstić information content (AvgIpc) is 2.70. The monoisotopic (exact) mass is 391 g/mol. The molecule has 0 spiro atoms. The number of amides is 1. The van der Waals surface area contributed by atoms with Crippen molar-refractivity contribution < 1.29 is 17.8 Å². The van der Waals surface area contributed by atoms with Crippen LogP contribution in [0, 0.1) is 0 Å². The van der Waals surface area contributed by atoms with Crippen molar-refractivity contribution in [1.82, 2.24) is 0 Å². The number of hydrogen-bond donors (Lipinski definition) is 1. The second-order valence-electron chi connectivity index (χ2n) is 6.51. The Kier molecular flexibility index (Phi) is 12.5. The van der Waals surface area contributed by atoms with Gasteiger partial charge in [-0.05, 0) is 29.1 Å². The fraction of sp³-hybridized carbons (Fsp3) is 0.929. The van der Waals surface area contributed by atoms with Crippen molar-refractivity contribution in [1.29, 1.82) is 0 Å². The number of carbonyl (C=O) groups is 1. The Balaban J connectivity index is 2.31. The summed E-state index contributed by atoms with van der Waals surface area (Å²) in [6.07, 6.45) is 7.86. The second-order valence-corrected chi connectivity index (χ2v) is 13.6. The Labute approximate surface area is 150 Å². The Hall–Kier alpha value is 0.218. The summed E-state index contributed by atoms with van der Waals surface area (Å²) in [4.78, 5) is 10.7. The van der Waals surface area contributed by atoms with Crippen LogP contribution in [0.4, 0.5) is 0 Å². The Morgan fingerprint density at radius 2 is 1.74 bits per heavy atom. The molecule has 23 heavy (non-hydrogen) atoms. The maximum absolute atomic E-state index is 10.7. The van der Waals surface area contributed by atoms with Gasteiger partial charge >= 0.3 is 0 Å². The molecule has 1 amide bonds. The lowest BCUT2D eigenvalue weighted by atomic mass is 10.2. The molecule has 2 radical (unpaired) electrons. The molecule has 1 fully saturated rings. The third-order valence-electron chi connectivity index (χ3n) is 4.70. The molecule has 1 aliphatic rings. The van der Waals surface area contributed by atoms with Crippen LogP contribution in [0.2, 0.25) is 22.7 Å². The summed E-state index contributed by atoms with van der Waals surface area (Å²) in [5.74, 6) is -0.192. The summed E-state index contributed by atoms with van der Waals surface area (Å²) in [6.45, 7) is 0. The molecule has 3 atom stereocenters. The number of nitrogens with two attached hydrogens (primary N) is 1. The van der Waals surface area contributed by atoms with Gasteiger partial charge in [0.25, 0.3) is 0 Å². The zero-order chi connectivity index (χ0) is 16.9. The third kappa shape index (κ3) is 9.32. The van der Waals surface area contributed by atoms with Gasteiger partial charge in [-0.2, -0.15) is 0 Å². The maximum atomic E-state index is 10.7. The van der Waals surface area contributed by atoms with Crippen molar-refractivity contribution in [2.45, 2.75) is 67.6 Å². The minimum Gasteiger partial charge on any atom is -0.461 e. The first-order valence-corrected chi connectivity index (χ1v) is 14.1. The van der Waals surface area contributed by atoms with Crippen LogP contribution < -0.4 is 5.73 Å². The van der Waals surface area contributed by atoms with Crippen LogP contribution in [0.15, 0.2) is 0 Å². The maximum Gasteiger partial charge on any atom is 0.217 e. The van der Waals surface area contributed by atoms with Crippen LogP contribution in [0.5, 0.6) is 0 Å². The van der Waals surface area contributed by atoms with Crippen molar-refractivity contribution >= 4 is 45.0 Å². The Morgan fingerprint density at radius 3 is 2.35 bits per heavy atom. The van der Waals surface area contributed by atoms with Crippen molar-refractivity contribution in [3.8, 4) is 0 Å². The molecule has 0 heterocycles. The zero-order valence-corrected chi connectivity index (χ0v) is 20.0. The van der Waals surface area contributed by atoms with Gasteiger partial charge in [0, 0.05) is 20.6 Å². The molecule has 134 valence electrons. The van der Waals surface area contributed by atoms with E-state index in [9.17, 15) is 4.79 Å². The van der Waals surface area contributed by atoms with E-state index in [0.29, 0.717) is 16.2 Å². The van der Waals surface area contributed by atoms with E-state index in [0.717, 1.165) is 35.5 Å². The van der Waals surface area contributed by atoms with Crippen LogP contribution >= 0.6 is 0 Å². The molecule has 2 N–H and O–H groups in total. The summed E-state index contributed by atoms with van der Waals surface area (Å²) in [7, 11) is 3.01. The van der Waals surface area contributed by atoms with E-state index >= 15 is 0 Å². The van der Waals surface area contributed by atoms with Crippen molar-refractivity contribution in [3.05, 3.63) is 0 Å². The Morgan fingerprint density at radius 1 is 1.09 bits per heavy atom. The number of primary amides is 1. The van der Waals surface area contributed by atoms with E-state index in [1.807, 2.05) is 14.2 Å². The van der Waals surface area contributed by atoms with E-state index in [4.69, 9.17) is 18.7 Å². The van der Waals surface area contributed by atoms with Crippen LogP contribution in [0.1, 0.15) is 44.9 Å². The lowest BCUT2D eigenvalue weighted by molar-refractivity contribution is -0.118. The van der Waals surface area contributed by atoms with Gasteiger partial charge in [0.15, 0.2) is 19.5 Å². The Bertz CT molecular complexity index is 325. The molecule has 3 unspecified atom stereocenters. The van der Waals surface area contributed by atoms with Gasteiger partial charge in [-0.25, -0.2) is 0 Å². The second kappa shape index (κ2) is 13.5. The van der Waals surface area contributed by atoms with Crippen LogP contribution in [0.3, 0.4) is 0 Å². The third-order valence-corrected chi connectivity index (χ3v) is 13.3. The van der Waals surface area contributed by atoms with Gasteiger partial charge in [0.05, 0.1) is 0 Å². The predicted molar refractivity (Wildman–Crippen MR) is 104 cm³/mol. The normalized spacial score (nSPS) is 26.8. The highest BCUT2D eigenvalue weighted by atomic mass is 28.3. The summed E-state index contributed by atoms with van der Waals surface area (Å²) < 4.78 is 17.4. The first kappa shape index (κ1) is 21.3. The molecule has 0 aromatic carbocycles. The quantitative estimate of drug-likeness (QED) is 0.293. The summed E-state index contributed by atoms with van der Waals surface area (Å²) >= 11 is 0.